The van der Waals surface area contributed by atoms with E-state index in [1.807, 2.05) is 24.3 Å². The number of hydrogen-bond acceptors (Lipinski definition) is 3. The monoisotopic (exact) mass is 394 g/mol. The number of nitrogens with zero attached hydrogens (tertiary/aromatic N) is 2. The van der Waals surface area contributed by atoms with Gasteiger partial charge in [0.25, 0.3) is 0 Å². The van der Waals surface area contributed by atoms with Gasteiger partial charge in [-0.15, -0.1) is 0 Å². The summed E-state index contributed by atoms with van der Waals surface area (Å²) in [4.78, 5) is 2.66. The van der Waals surface area contributed by atoms with Crippen molar-refractivity contribution in [2.75, 3.05) is 26.2 Å². The first kappa shape index (κ1) is 16.6. The van der Waals surface area contributed by atoms with Gasteiger partial charge < -0.3 is 0 Å². The molecule has 2 aromatic rings. The molecule has 23 heavy (non-hydrogen) atoms. The molecule has 0 aliphatic carbocycles. The predicted octanol–water partition coefficient (Wildman–Crippen LogP) is 2.96. The smallest absolute Gasteiger partial charge is 0.243 e. The van der Waals surface area contributed by atoms with Crippen LogP contribution in [-0.2, 0) is 16.6 Å². The molecule has 0 atom stereocenters. The third kappa shape index (κ3) is 3.83. The molecule has 0 N–H and O–H groups in total. The SMILES string of the molecule is O=S(=O)(c1ccccc1)N1CCN(Cc2ccccc2Br)CC1. The van der Waals surface area contributed by atoms with E-state index in [0.717, 1.165) is 24.1 Å². The van der Waals surface area contributed by atoms with E-state index in [2.05, 4.69) is 26.9 Å². The summed E-state index contributed by atoms with van der Waals surface area (Å²) in [5.41, 5.74) is 1.23. The Balaban J connectivity index is 1.64. The number of halogens is 1. The maximum Gasteiger partial charge on any atom is 0.243 e. The lowest BCUT2D eigenvalue weighted by Crippen LogP contribution is -2.48. The van der Waals surface area contributed by atoms with Crippen LogP contribution in [0.4, 0.5) is 0 Å². The van der Waals surface area contributed by atoms with Crippen LogP contribution in [0.25, 0.3) is 0 Å². The van der Waals surface area contributed by atoms with Gasteiger partial charge in [-0.2, -0.15) is 4.31 Å². The fourth-order valence-electron chi connectivity index (χ4n) is 2.74. The van der Waals surface area contributed by atoms with Gasteiger partial charge in [-0.3, -0.25) is 4.90 Å². The molecule has 0 radical (unpaired) electrons. The Labute approximate surface area is 145 Å². The molecule has 1 aliphatic heterocycles. The van der Waals surface area contributed by atoms with Gasteiger partial charge in [0.05, 0.1) is 4.90 Å². The van der Waals surface area contributed by atoms with E-state index in [-0.39, 0.29) is 0 Å². The zero-order valence-corrected chi connectivity index (χ0v) is 15.1. The van der Waals surface area contributed by atoms with Crippen LogP contribution in [0.5, 0.6) is 0 Å². The molecule has 0 bridgehead atoms. The Morgan fingerprint density at radius 2 is 1.48 bits per heavy atom. The summed E-state index contributed by atoms with van der Waals surface area (Å²) in [6.07, 6.45) is 0. The van der Waals surface area contributed by atoms with Gasteiger partial charge in [0.2, 0.25) is 10.0 Å². The quantitative estimate of drug-likeness (QED) is 0.800. The van der Waals surface area contributed by atoms with E-state index >= 15 is 0 Å². The summed E-state index contributed by atoms with van der Waals surface area (Å²) in [6, 6.07) is 16.8. The third-order valence-electron chi connectivity index (χ3n) is 4.06. The number of hydrogen-bond donors (Lipinski definition) is 0. The van der Waals surface area contributed by atoms with Gasteiger partial charge in [0.1, 0.15) is 0 Å². The highest BCUT2D eigenvalue weighted by atomic mass is 79.9. The normalized spacial score (nSPS) is 17.3. The van der Waals surface area contributed by atoms with Gasteiger partial charge in [-0.25, -0.2) is 8.42 Å². The van der Waals surface area contributed by atoms with Crippen molar-refractivity contribution in [2.45, 2.75) is 11.4 Å². The minimum absolute atomic E-state index is 0.374. The van der Waals surface area contributed by atoms with Crippen LogP contribution in [0.2, 0.25) is 0 Å². The average Bonchev–Trinajstić information content (AvgIpc) is 2.58. The predicted molar refractivity (Wildman–Crippen MR) is 94.6 cm³/mol. The third-order valence-corrected chi connectivity index (χ3v) is 6.75. The van der Waals surface area contributed by atoms with E-state index in [1.54, 1.807) is 28.6 Å². The van der Waals surface area contributed by atoms with Crippen molar-refractivity contribution in [1.29, 1.82) is 0 Å². The topological polar surface area (TPSA) is 40.6 Å². The van der Waals surface area contributed by atoms with E-state index in [1.165, 1.54) is 5.56 Å². The Morgan fingerprint density at radius 3 is 2.13 bits per heavy atom. The highest BCUT2D eigenvalue weighted by Gasteiger charge is 2.28. The zero-order chi connectivity index (χ0) is 16.3. The van der Waals surface area contributed by atoms with Gasteiger partial charge in [-0.05, 0) is 23.8 Å². The first-order chi connectivity index (χ1) is 11.1. The Morgan fingerprint density at radius 1 is 0.870 bits per heavy atom. The minimum atomic E-state index is -3.37. The Kier molecular flexibility index (Phi) is 5.16. The van der Waals surface area contributed by atoms with E-state index in [4.69, 9.17) is 0 Å². The van der Waals surface area contributed by atoms with Crippen LogP contribution >= 0.6 is 15.9 Å². The molecule has 122 valence electrons. The fraction of sp³-hybridized carbons (Fsp3) is 0.294. The van der Waals surface area contributed by atoms with Crippen molar-refractivity contribution < 1.29 is 8.42 Å². The molecule has 1 saturated heterocycles. The molecular formula is C17H19BrN2O2S. The second kappa shape index (κ2) is 7.13. The molecule has 0 amide bonds. The highest BCUT2D eigenvalue weighted by Crippen LogP contribution is 2.21. The first-order valence-electron chi connectivity index (χ1n) is 7.58. The van der Waals surface area contributed by atoms with Crippen LogP contribution < -0.4 is 0 Å². The summed E-state index contributed by atoms with van der Waals surface area (Å²) in [5.74, 6) is 0. The summed E-state index contributed by atoms with van der Waals surface area (Å²) in [5, 5.41) is 0. The van der Waals surface area contributed by atoms with E-state index in [9.17, 15) is 8.42 Å². The molecule has 1 aliphatic rings. The maximum absolute atomic E-state index is 12.6. The summed E-state index contributed by atoms with van der Waals surface area (Å²) in [7, 11) is -3.37. The number of piperazine rings is 1. The van der Waals surface area contributed by atoms with Gasteiger partial charge >= 0.3 is 0 Å². The number of sulfonamides is 1. The zero-order valence-electron chi connectivity index (χ0n) is 12.7. The lowest BCUT2D eigenvalue weighted by Gasteiger charge is -2.34. The van der Waals surface area contributed by atoms with Gasteiger partial charge in [-0.1, -0.05) is 52.3 Å². The molecule has 0 unspecified atom stereocenters. The minimum Gasteiger partial charge on any atom is -0.296 e. The molecule has 2 aromatic carbocycles. The Hall–Kier alpha value is -1.21. The lowest BCUT2D eigenvalue weighted by atomic mass is 10.2. The van der Waals surface area contributed by atoms with Crippen LogP contribution in [0.3, 0.4) is 0 Å². The molecule has 0 spiro atoms. The summed E-state index contributed by atoms with van der Waals surface area (Å²) < 4.78 is 27.9. The molecule has 3 rings (SSSR count). The summed E-state index contributed by atoms with van der Waals surface area (Å²) in [6.45, 7) is 3.38. The van der Waals surface area contributed by atoms with Crippen molar-refractivity contribution >= 4 is 26.0 Å². The number of benzene rings is 2. The molecule has 6 heteroatoms. The average molecular weight is 395 g/mol. The van der Waals surface area contributed by atoms with Crippen molar-refractivity contribution in [1.82, 2.24) is 9.21 Å². The molecule has 0 aromatic heterocycles. The molecule has 1 heterocycles. The molecule has 0 saturated carbocycles. The second-order valence-corrected chi connectivity index (χ2v) is 8.38. The fourth-order valence-corrected chi connectivity index (χ4v) is 4.59. The van der Waals surface area contributed by atoms with Crippen molar-refractivity contribution in [3.63, 3.8) is 0 Å². The van der Waals surface area contributed by atoms with Gasteiger partial charge in [0.15, 0.2) is 0 Å². The van der Waals surface area contributed by atoms with Gasteiger partial charge in [0, 0.05) is 37.2 Å². The largest absolute Gasteiger partial charge is 0.296 e. The van der Waals surface area contributed by atoms with Crippen LogP contribution in [0, 0.1) is 0 Å². The van der Waals surface area contributed by atoms with Crippen molar-refractivity contribution in [3.05, 3.63) is 64.6 Å². The number of rotatable bonds is 4. The Bertz CT molecular complexity index is 757. The van der Waals surface area contributed by atoms with Crippen molar-refractivity contribution in [2.24, 2.45) is 0 Å². The second-order valence-electron chi connectivity index (χ2n) is 5.58. The highest BCUT2D eigenvalue weighted by molar-refractivity contribution is 9.10. The molecular weight excluding hydrogens is 376 g/mol. The lowest BCUT2D eigenvalue weighted by molar-refractivity contribution is 0.181. The molecule has 4 nitrogen and oxygen atoms in total. The molecule has 1 fully saturated rings. The standard InChI is InChI=1S/C17H19BrN2O2S/c18-17-9-5-4-6-15(17)14-19-10-12-20(13-11-19)23(21,22)16-7-2-1-3-8-16/h1-9H,10-14H2. The van der Waals surface area contributed by atoms with Crippen LogP contribution in [0.1, 0.15) is 5.56 Å². The first-order valence-corrected chi connectivity index (χ1v) is 9.81. The van der Waals surface area contributed by atoms with E-state index in [0.29, 0.717) is 18.0 Å². The maximum atomic E-state index is 12.6. The summed E-state index contributed by atoms with van der Waals surface area (Å²) >= 11 is 3.56. The van der Waals surface area contributed by atoms with Crippen LogP contribution in [0.15, 0.2) is 64.0 Å². The van der Waals surface area contributed by atoms with Crippen molar-refractivity contribution in [3.8, 4) is 0 Å². The van der Waals surface area contributed by atoms with E-state index < -0.39 is 10.0 Å². The van der Waals surface area contributed by atoms with Crippen LogP contribution in [-0.4, -0.2) is 43.8 Å².